The summed E-state index contributed by atoms with van der Waals surface area (Å²) in [5.74, 6) is -0.874. The number of carbonyl (C=O) groups excluding carboxylic acids is 1. The molecule has 1 amide bonds. The van der Waals surface area contributed by atoms with Gasteiger partial charge in [-0.15, -0.1) is 0 Å². The van der Waals surface area contributed by atoms with Gasteiger partial charge < -0.3 is 5.32 Å². The Morgan fingerprint density at radius 3 is 2.20 bits per heavy atom. The summed E-state index contributed by atoms with van der Waals surface area (Å²) in [4.78, 5) is 12.8. The molecule has 3 aromatic carbocycles. The first-order chi connectivity index (χ1) is 14.3. The molecule has 1 atom stereocenters. The van der Waals surface area contributed by atoms with Crippen LogP contribution in [-0.4, -0.2) is 20.9 Å². The van der Waals surface area contributed by atoms with Crippen LogP contribution in [0.4, 0.5) is 10.1 Å². The van der Waals surface area contributed by atoms with Crippen molar-refractivity contribution in [1.82, 2.24) is 5.32 Å². The molecule has 0 aliphatic rings. The Balaban J connectivity index is 1.86. The number of carbonyl (C=O) groups is 1. The van der Waals surface area contributed by atoms with Gasteiger partial charge in [-0.25, -0.2) is 12.8 Å². The fourth-order valence-electron chi connectivity index (χ4n) is 2.89. The van der Waals surface area contributed by atoms with E-state index in [1.54, 1.807) is 61.5 Å². The minimum atomic E-state index is -3.99. The molecule has 0 bridgehead atoms. The zero-order valence-electron chi connectivity index (χ0n) is 16.1. The monoisotopic (exact) mass is 446 g/mol. The third-order valence-corrected chi connectivity index (χ3v) is 6.52. The smallest absolute Gasteiger partial charge is 0.264 e. The minimum absolute atomic E-state index is 0.0688. The van der Waals surface area contributed by atoms with Gasteiger partial charge in [0, 0.05) is 5.02 Å². The second-order valence-electron chi connectivity index (χ2n) is 6.64. The highest BCUT2D eigenvalue weighted by atomic mass is 35.5. The van der Waals surface area contributed by atoms with Crippen molar-refractivity contribution < 1.29 is 17.6 Å². The summed E-state index contributed by atoms with van der Waals surface area (Å²) >= 11 is 5.93. The van der Waals surface area contributed by atoms with Gasteiger partial charge in [0.15, 0.2) is 0 Å². The lowest BCUT2D eigenvalue weighted by Gasteiger charge is -2.25. The maximum absolute atomic E-state index is 13.2. The van der Waals surface area contributed by atoms with Gasteiger partial charge in [-0.3, -0.25) is 9.10 Å². The average molecular weight is 447 g/mol. The van der Waals surface area contributed by atoms with E-state index in [1.165, 1.54) is 24.3 Å². The number of halogens is 2. The molecule has 0 spiro atoms. The number of amides is 1. The van der Waals surface area contributed by atoms with E-state index >= 15 is 0 Å². The first-order valence-electron chi connectivity index (χ1n) is 9.15. The molecular weight excluding hydrogens is 427 g/mol. The number of anilines is 1. The molecule has 0 aliphatic carbocycles. The van der Waals surface area contributed by atoms with E-state index in [4.69, 9.17) is 11.6 Å². The zero-order valence-corrected chi connectivity index (χ0v) is 17.7. The second-order valence-corrected chi connectivity index (χ2v) is 8.94. The molecule has 8 heteroatoms. The number of nitrogens with one attached hydrogen (secondary N) is 1. The second kappa shape index (κ2) is 9.28. The van der Waals surface area contributed by atoms with Crippen molar-refractivity contribution in [2.45, 2.75) is 17.9 Å². The van der Waals surface area contributed by atoms with Crippen molar-refractivity contribution in [2.24, 2.45) is 0 Å². The summed E-state index contributed by atoms with van der Waals surface area (Å²) in [5.41, 5.74) is 1.02. The molecule has 1 N–H and O–H groups in total. The fraction of sp³-hybridized carbons (Fsp3) is 0.136. The summed E-state index contributed by atoms with van der Waals surface area (Å²) in [7, 11) is -3.99. The van der Waals surface area contributed by atoms with E-state index in [2.05, 4.69) is 5.32 Å². The van der Waals surface area contributed by atoms with E-state index in [0.717, 1.165) is 4.31 Å². The molecule has 30 heavy (non-hydrogen) atoms. The molecule has 0 saturated heterocycles. The van der Waals surface area contributed by atoms with Crippen molar-refractivity contribution in [3.8, 4) is 0 Å². The van der Waals surface area contributed by atoms with Crippen LogP contribution < -0.4 is 9.62 Å². The lowest BCUT2D eigenvalue weighted by atomic mass is 10.1. The maximum Gasteiger partial charge on any atom is 0.264 e. The van der Waals surface area contributed by atoms with Crippen LogP contribution in [0.3, 0.4) is 0 Å². The van der Waals surface area contributed by atoms with Crippen molar-refractivity contribution in [2.75, 3.05) is 10.8 Å². The van der Waals surface area contributed by atoms with E-state index in [1.807, 2.05) is 0 Å². The SMILES string of the molecule is C[C@@H](NC(=O)CN(c1ccc(Cl)cc1)S(=O)(=O)c1ccccc1)c1ccc(F)cc1. The van der Waals surface area contributed by atoms with Crippen LogP contribution in [0.5, 0.6) is 0 Å². The van der Waals surface area contributed by atoms with Crippen molar-refractivity contribution in [3.63, 3.8) is 0 Å². The van der Waals surface area contributed by atoms with E-state index in [-0.39, 0.29) is 10.7 Å². The number of hydrogen-bond acceptors (Lipinski definition) is 3. The molecule has 0 radical (unpaired) electrons. The topological polar surface area (TPSA) is 66.5 Å². The van der Waals surface area contributed by atoms with E-state index < -0.39 is 28.5 Å². The Kier molecular flexibility index (Phi) is 6.74. The Hall–Kier alpha value is -2.90. The van der Waals surface area contributed by atoms with Gasteiger partial charge in [-0.2, -0.15) is 0 Å². The summed E-state index contributed by atoms with van der Waals surface area (Å²) in [6.07, 6.45) is 0. The highest BCUT2D eigenvalue weighted by Gasteiger charge is 2.27. The standard InChI is InChI=1S/C22H20ClFN2O3S/c1-16(17-7-11-19(24)12-8-17)25-22(27)15-26(20-13-9-18(23)10-14-20)30(28,29)21-5-3-2-4-6-21/h2-14,16H,15H2,1H3,(H,25,27)/t16-/m1/s1. The van der Waals surface area contributed by atoms with Crippen LogP contribution in [0.25, 0.3) is 0 Å². The molecule has 0 heterocycles. The number of benzene rings is 3. The number of sulfonamides is 1. The molecule has 3 aromatic rings. The van der Waals surface area contributed by atoms with Crippen LogP contribution in [-0.2, 0) is 14.8 Å². The first-order valence-corrected chi connectivity index (χ1v) is 11.0. The molecule has 5 nitrogen and oxygen atoms in total. The molecule has 0 aliphatic heterocycles. The van der Waals surface area contributed by atoms with Gasteiger partial charge in [0.1, 0.15) is 12.4 Å². The predicted octanol–water partition coefficient (Wildman–Crippen LogP) is 4.55. The summed E-state index contributed by atoms with van der Waals surface area (Å²) in [6.45, 7) is 1.31. The Bertz CT molecular complexity index is 1110. The Morgan fingerprint density at radius 1 is 1.00 bits per heavy atom. The van der Waals surface area contributed by atoms with Gasteiger partial charge in [0.2, 0.25) is 5.91 Å². The Morgan fingerprint density at radius 2 is 1.60 bits per heavy atom. The first kappa shape index (κ1) is 21.8. The van der Waals surface area contributed by atoms with Gasteiger partial charge >= 0.3 is 0 Å². The van der Waals surface area contributed by atoms with Gasteiger partial charge in [-0.1, -0.05) is 41.9 Å². The Labute approximate surface area is 180 Å². The third kappa shape index (κ3) is 5.17. The van der Waals surface area contributed by atoms with E-state index in [0.29, 0.717) is 16.3 Å². The summed E-state index contributed by atoms with van der Waals surface area (Å²) in [5, 5.41) is 3.21. The largest absolute Gasteiger partial charge is 0.348 e. The molecule has 0 unspecified atom stereocenters. The molecule has 3 rings (SSSR count). The normalized spacial score (nSPS) is 12.2. The molecule has 0 aromatic heterocycles. The molecule has 156 valence electrons. The van der Waals surface area contributed by atoms with Crippen LogP contribution in [0, 0.1) is 5.82 Å². The summed E-state index contributed by atoms with van der Waals surface area (Å²) in [6, 6.07) is 19.4. The van der Waals surface area contributed by atoms with Crippen LogP contribution >= 0.6 is 11.6 Å². The zero-order chi connectivity index (χ0) is 21.7. The van der Waals surface area contributed by atoms with Crippen molar-refractivity contribution in [3.05, 3.63) is 95.3 Å². The van der Waals surface area contributed by atoms with Crippen molar-refractivity contribution >= 4 is 33.2 Å². The highest BCUT2D eigenvalue weighted by molar-refractivity contribution is 7.92. The maximum atomic E-state index is 13.2. The van der Waals surface area contributed by atoms with Crippen LogP contribution in [0.2, 0.25) is 5.02 Å². The van der Waals surface area contributed by atoms with Crippen LogP contribution in [0.15, 0.2) is 83.8 Å². The number of nitrogens with zero attached hydrogens (tertiary/aromatic N) is 1. The van der Waals surface area contributed by atoms with Gasteiger partial charge in [0.05, 0.1) is 16.6 Å². The fourth-order valence-corrected chi connectivity index (χ4v) is 4.46. The van der Waals surface area contributed by atoms with E-state index in [9.17, 15) is 17.6 Å². The molecule has 0 fully saturated rings. The molecular formula is C22H20ClFN2O3S. The van der Waals surface area contributed by atoms with Gasteiger partial charge in [0.25, 0.3) is 10.0 Å². The van der Waals surface area contributed by atoms with Gasteiger partial charge in [-0.05, 0) is 61.0 Å². The predicted molar refractivity (Wildman–Crippen MR) is 115 cm³/mol. The lowest BCUT2D eigenvalue weighted by molar-refractivity contribution is -0.120. The van der Waals surface area contributed by atoms with Crippen LogP contribution in [0.1, 0.15) is 18.5 Å². The number of rotatable bonds is 7. The quantitative estimate of drug-likeness (QED) is 0.579. The lowest BCUT2D eigenvalue weighted by Crippen LogP contribution is -2.41. The third-order valence-electron chi connectivity index (χ3n) is 4.48. The average Bonchev–Trinajstić information content (AvgIpc) is 2.74. The molecule has 0 saturated carbocycles. The highest BCUT2D eigenvalue weighted by Crippen LogP contribution is 2.25. The van der Waals surface area contributed by atoms with Crippen molar-refractivity contribution in [1.29, 1.82) is 0 Å². The minimum Gasteiger partial charge on any atom is -0.348 e. The summed E-state index contributed by atoms with van der Waals surface area (Å²) < 4.78 is 40.6. The number of hydrogen-bond donors (Lipinski definition) is 1.